The molecule has 118 valence electrons. The monoisotopic (exact) mass is 304 g/mol. The van der Waals surface area contributed by atoms with Crippen LogP contribution in [0.4, 0.5) is 5.69 Å². The van der Waals surface area contributed by atoms with Crippen LogP contribution in [0.25, 0.3) is 0 Å². The molecule has 2 aliphatic rings. The van der Waals surface area contributed by atoms with Crippen LogP contribution in [-0.2, 0) is 9.59 Å². The molecule has 1 aromatic rings. The number of nitrogens with zero attached hydrogens (tertiary/aromatic N) is 2. The first kappa shape index (κ1) is 14.8. The second-order valence-corrected chi connectivity index (χ2v) is 5.89. The van der Waals surface area contributed by atoms with E-state index < -0.39 is 0 Å². The Hall–Kier alpha value is -2.08. The molecular formula is C16H22N3O3+. The lowest BCUT2D eigenvalue weighted by Gasteiger charge is -2.35. The molecule has 3 rings (SSSR count). The normalized spacial score (nSPS) is 23.3. The van der Waals surface area contributed by atoms with Crippen LogP contribution >= 0.6 is 0 Å². The maximum atomic E-state index is 12.1. The third kappa shape index (κ3) is 2.66. The Kier molecular flexibility index (Phi) is 4.02. The van der Waals surface area contributed by atoms with Crippen molar-refractivity contribution in [1.82, 2.24) is 4.90 Å². The zero-order valence-electron chi connectivity index (χ0n) is 13.0. The smallest absolute Gasteiger partial charge is 0.287 e. The topological polar surface area (TPSA) is 54.3 Å². The summed E-state index contributed by atoms with van der Waals surface area (Å²) < 4.78 is 5.18. The lowest BCUT2D eigenvalue weighted by atomic mass is 10.1. The van der Waals surface area contributed by atoms with E-state index >= 15 is 0 Å². The van der Waals surface area contributed by atoms with Crippen molar-refractivity contribution < 1.29 is 19.2 Å². The average Bonchev–Trinajstić information content (AvgIpc) is 2.83. The molecule has 1 atom stereocenters. The Morgan fingerprint density at radius 2 is 1.77 bits per heavy atom. The summed E-state index contributed by atoms with van der Waals surface area (Å²) in [5.41, 5.74) is 1.17. The largest absolute Gasteiger partial charge is 0.497 e. The maximum Gasteiger partial charge on any atom is 0.287 e. The molecular weight excluding hydrogens is 282 g/mol. The standard InChI is InChI=1S/C16H21N3O3/c1-17-15(20)11-14(16(17)21)19-9-7-18(8-10-19)12-3-5-13(22-2)6-4-12/h3-6,14H,7-11H2,1-2H3/p+1. The molecule has 2 aliphatic heterocycles. The predicted molar refractivity (Wildman–Crippen MR) is 82.1 cm³/mol. The van der Waals surface area contributed by atoms with Crippen LogP contribution in [0, 0.1) is 0 Å². The van der Waals surface area contributed by atoms with E-state index in [9.17, 15) is 9.59 Å². The van der Waals surface area contributed by atoms with E-state index in [4.69, 9.17) is 4.74 Å². The number of methoxy groups -OCH3 is 1. The summed E-state index contributed by atoms with van der Waals surface area (Å²) in [6.07, 6.45) is 0.354. The number of rotatable bonds is 3. The highest BCUT2D eigenvalue weighted by Gasteiger charge is 2.43. The van der Waals surface area contributed by atoms with Crippen molar-refractivity contribution in [2.45, 2.75) is 12.5 Å². The number of nitrogens with one attached hydrogen (secondary N) is 1. The SMILES string of the molecule is COc1ccc(N2CC[NH+](C3CC(=O)N(C)C3=O)CC2)cc1. The molecule has 2 heterocycles. The molecule has 22 heavy (non-hydrogen) atoms. The Morgan fingerprint density at radius 3 is 2.27 bits per heavy atom. The summed E-state index contributed by atoms with van der Waals surface area (Å²) >= 11 is 0. The van der Waals surface area contributed by atoms with E-state index in [1.54, 1.807) is 14.2 Å². The molecule has 0 bridgehead atoms. The minimum absolute atomic E-state index is 0.0297. The first-order valence-electron chi connectivity index (χ1n) is 7.64. The zero-order chi connectivity index (χ0) is 15.7. The summed E-state index contributed by atoms with van der Waals surface area (Å²) in [7, 11) is 3.24. The summed E-state index contributed by atoms with van der Waals surface area (Å²) in [6, 6.07) is 7.85. The van der Waals surface area contributed by atoms with Gasteiger partial charge in [-0.1, -0.05) is 0 Å². The number of benzene rings is 1. The second kappa shape index (κ2) is 5.96. The van der Waals surface area contributed by atoms with Crippen molar-refractivity contribution in [2.75, 3.05) is 45.2 Å². The van der Waals surface area contributed by atoms with Gasteiger partial charge in [0, 0.05) is 12.7 Å². The number of carbonyl (C=O) groups excluding carboxylic acids is 2. The molecule has 1 N–H and O–H groups in total. The van der Waals surface area contributed by atoms with E-state index in [1.807, 2.05) is 12.1 Å². The van der Waals surface area contributed by atoms with Gasteiger partial charge in [-0.25, -0.2) is 0 Å². The first-order valence-corrected chi connectivity index (χ1v) is 7.64. The van der Waals surface area contributed by atoms with Crippen LogP contribution in [0.5, 0.6) is 5.75 Å². The quantitative estimate of drug-likeness (QED) is 0.740. The van der Waals surface area contributed by atoms with E-state index in [0.29, 0.717) is 6.42 Å². The number of likely N-dealkylation sites (N-methyl/N-ethyl adjacent to an activating group) is 1. The third-order valence-electron chi connectivity index (χ3n) is 4.72. The van der Waals surface area contributed by atoms with Crippen molar-refractivity contribution in [1.29, 1.82) is 0 Å². The van der Waals surface area contributed by atoms with Crippen molar-refractivity contribution in [3.63, 3.8) is 0 Å². The fraction of sp³-hybridized carbons (Fsp3) is 0.500. The van der Waals surface area contributed by atoms with Crippen molar-refractivity contribution in [3.05, 3.63) is 24.3 Å². The van der Waals surface area contributed by atoms with Gasteiger partial charge in [0.1, 0.15) is 5.75 Å². The van der Waals surface area contributed by atoms with Gasteiger partial charge in [0.15, 0.2) is 6.04 Å². The predicted octanol–water partition coefficient (Wildman–Crippen LogP) is -0.843. The number of hydrogen-bond acceptors (Lipinski definition) is 4. The molecule has 1 unspecified atom stereocenters. The van der Waals surface area contributed by atoms with Crippen LogP contribution in [0.3, 0.4) is 0 Å². The highest BCUT2D eigenvalue weighted by molar-refractivity contribution is 6.04. The molecule has 1 aromatic carbocycles. The van der Waals surface area contributed by atoms with Crippen LogP contribution in [0.15, 0.2) is 24.3 Å². The number of hydrogen-bond donors (Lipinski definition) is 1. The lowest BCUT2D eigenvalue weighted by Crippen LogP contribution is -3.19. The van der Waals surface area contributed by atoms with Crippen molar-refractivity contribution in [2.24, 2.45) is 0 Å². The van der Waals surface area contributed by atoms with E-state index in [1.165, 1.54) is 15.5 Å². The van der Waals surface area contributed by atoms with Gasteiger partial charge >= 0.3 is 0 Å². The van der Waals surface area contributed by atoms with Gasteiger partial charge < -0.3 is 14.5 Å². The van der Waals surface area contributed by atoms with Gasteiger partial charge in [-0.05, 0) is 24.3 Å². The van der Waals surface area contributed by atoms with Gasteiger partial charge in [0.05, 0.1) is 39.7 Å². The van der Waals surface area contributed by atoms with Gasteiger partial charge in [0.25, 0.3) is 5.91 Å². The Bertz CT molecular complexity index is 565. The molecule has 2 amide bonds. The zero-order valence-corrected chi connectivity index (χ0v) is 13.0. The van der Waals surface area contributed by atoms with E-state index in [0.717, 1.165) is 31.9 Å². The summed E-state index contributed by atoms with van der Waals surface area (Å²) in [5.74, 6) is 0.768. The highest BCUT2D eigenvalue weighted by atomic mass is 16.5. The molecule has 6 heteroatoms. The van der Waals surface area contributed by atoms with Gasteiger partial charge in [-0.3, -0.25) is 14.5 Å². The summed E-state index contributed by atoms with van der Waals surface area (Å²) in [4.78, 5) is 28.6. The molecule has 6 nitrogen and oxygen atoms in total. The lowest BCUT2D eigenvalue weighted by molar-refractivity contribution is -0.915. The first-order chi connectivity index (χ1) is 10.6. The third-order valence-corrected chi connectivity index (χ3v) is 4.72. The van der Waals surface area contributed by atoms with E-state index in [2.05, 4.69) is 17.0 Å². The minimum Gasteiger partial charge on any atom is -0.497 e. The molecule has 0 radical (unpaired) electrons. The van der Waals surface area contributed by atoms with Crippen LogP contribution < -0.4 is 14.5 Å². The van der Waals surface area contributed by atoms with Crippen LogP contribution in [0.1, 0.15) is 6.42 Å². The number of anilines is 1. The maximum absolute atomic E-state index is 12.1. The van der Waals surface area contributed by atoms with E-state index in [-0.39, 0.29) is 17.9 Å². The number of piperazine rings is 1. The number of ether oxygens (including phenoxy) is 1. The number of quaternary nitrogens is 1. The number of likely N-dealkylation sites (tertiary alicyclic amines) is 1. The average molecular weight is 304 g/mol. The van der Waals surface area contributed by atoms with Gasteiger partial charge in [0.2, 0.25) is 5.91 Å². The van der Waals surface area contributed by atoms with Crippen LogP contribution in [0.2, 0.25) is 0 Å². The molecule has 0 saturated carbocycles. The molecule has 2 saturated heterocycles. The molecule has 0 spiro atoms. The number of imide groups is 1. The number of carbonyl (C=O) groups is 2. The Labute approximate surface area is 130 Å². The van der Waals surface area contributed by atoms with Crippen molar-refractivity contribution >= 4 is 17.5 Å². The molecule has 0 aromatic heterocycles. The highest BCUT2D eigenvalue weighted by Crippen LogP contribution is 2.19. The summed E-state index contributed by atoms with van der Waals surface area (Å²) in [5, 5.41) is 0. The van der Waals surface area contributed by atoms with Crippen LogP contribution in [-0.4, -0.2) is 63.1 Å². The minimum atomic E-state index is -0.185. The van der Waals surface area contributed by atoms with Gasteiger partial charge in [-0.2, -0.15) is 0 Å². The second-order valence-electron chi connectivity index (χ2n) is 5.89. The molecule has 0 aliphatic carbocycles. The fourth-order valence-corrected chi connectivity index (χ4v) is 3.27. The van der Waals surface area contributed by atoms with Crippen molar-refractivity contribution in [3.8, 4) is 5.75 Å². The number of amides is 2. The van der Waals surface area contributed by atoms with Gasteiger partial charge in [-0.15, -0.1) is 0 Å². The Morgan fingerprint density at radius 1 is 1.14 bits per heavy atom. The Balaban J connectivity index is 1.60. The fourth-order valence-electron chi connectivity index (χ4n) is 3.27. The molecule has 2 fully saturated rings. The summed E-state index contributed by atoms with van der Waals surface area (Å²) in [6.45, 7) is 3.54.